The zero-order valence-electron chi connectivity index (χ0n) is 16.5. The molecule has 1 unspecified atom stereocenters. The molecule has 0 saturated carbocycles. The third-order valence-electron chi connectivity index (χ3n) is 4.86. The first-order valence-electron chi connectivity index (χ1n) is 9.67. The highest BCUT2D eigenvalue weighted by Gasteiger charge is 2.35. The number of rotatable bonds is 7. The van der Waals surface area contributed by atoms with Gasteiger partial charge in [0.1, 0.15) is 19.8 Å². The lowest BCUT2D eigenvalue weighted by atomic mass is 10.2. The molecule has 0 spiro atoms. The quantitative estimate of drug-likeness (QED) is 0.702. The molecule has 0 aliphatic carbocycles. The van der Waals surface area contributed by atoms with Gasteiger partial charge in [-0.05, 0) is 17.5 Å². The van der Waals surface area contributed by atoms with Crippen molar-refractivity contribution in [3.63, 3.8) is 0 Å². The number of hydrogen-bond acceptors (Lipinski definition) is 5. The minimum atomic E-state index is -1.23. The van der Waals surface area contributed by atoms with Gasteiger partial charge in [0, 0.05) is 13.1 Å². The minimum absolute atomic E-state index is 0.0791. The van der Waals surface area contributed by atoms with Crippen LogP contribution in [-0.2, 0) is 27.5 Å². The van der Waals surface area contributed by atoms with E-state index in [9.17, 15) is 19.5 Å². The van der Waals surface area contributed by atoms with E-state index >= 15 is 0 Å². The molecule has 0 aromatic heterocycles. The maximum atomic E-state index is 12.3. The van der Waals surface area contributed by atoms with E-state index in [2.05, 4.69) is 0 Å². The fraction of sp³-hybridized carbons (Fsp3) is 0.318. The zero-order valence-corrected chi connectivity index (χ0v) is 16.5. The predicted octanol–water partition coefficient (Wildman–Crippen LogP) is 3.12. The molecular weight excluding hydrogens is 388 g/mol. The topological polar surface area (TPSA) is 96.4 Å². The summed E-state index contributed by atoms with van der Waals surface area (Å²) in [5.41, 5.74) is 1.69. The van der Waals surface area contributed by atoms with E-state index in [4.69, 9.17) is 9.47 Å². The third-order valence-corrected chi connectivity index (χ3v) is 4.86. The number of esters is 1. The van der Waals surface area contributed by atoms with E-state index in [1.54, 1.807) is 0 Å². The largest absolute Gasteiger partial charge is 0.465 e. The van der Waals surface area contributed by atoms with Crippen molar-refractivity contribution in [3.05, 3.63) is 71.8 Å². The van der Waals surface area contributed by atoms with Gasteiger partial charge in [-0.25, -0.2) is 9.59 Å². The molecule has 2 aromatic rings. The van der Waals surface area contributed by atoms with Gasteiger partial charge >= 0.3 is 18.2 Å². The fourth-order valence-corrected chi connectivity index (χ4v) is 3.25. The second-order valence-electron chi connectivity index (χ2n) is 6.99. The molecule has 30 heavy (non-hydrogen) atoms. The first kappa shape index (κ1) is 21.2. The Morgan fingerprint density at radius 2 is 1.50 bits per heavy atom. The summed E-state index contributed by atoms with van der Waals surface area (Å²) in [6.45, 7) is 0.373. The fourth-order valence-electron chi connectivity index (χ4n) is 3.25. The molecule has 0 bridgehead atoms. The van der Waals surface area contributed by atoms with E-state index in [0.717, 1.165) is 16.0 Å². The molecule has 1 aliphatic rings. The number of carbonyl (C=O) groups excluding carboxylic acids is 2. The van der Waals surface area contributed by atoms with E-state index in [-0.39, 0.29) is 26.3 Å². The Morgan fingerprint density at radius 1 is 0.933 bits per heavy atom. The lowest BCUT2D eigenvalue weighted by Gasteiger charge is -2.25. The highest BCUT2D eigenvalue weighted by atomic mass is 16.6. The van der Waals surface area contributed by atoms with Gasteiger partial charge in [-0.1, -0.05) is 60.7 Å². The van der Waals surface area contributed by atoms with Crippen molar-refractivity contribution in [1.82, 2.24) is 9.80 Å². The molecule has 2 amide bonds. The van der Waals surface area contributed by atoms with Gasteiger partial charge in [0.15, 0.2) is 0 Å². The van der Waals surface area contributed by atoms with Crippen molar-refractivity contribution in [1.29, 1.82) is 0 Å². The van der Waals surface area contributed by atoms with E-state index in [1.165, 1.54) is 4.90 Å². The number of carboxylic acid groups (broad SMARTS) is 1. The summed E-state index contributed by atoms with van der Waals surface area (Å²) in [6.07, 6.45) is -1.30. The van der Waals surface area contributed by atoms with Crippen LogP contribution in [0.5, 0.6) is 0 Å². The summed E-state index contributed by atoms with van der Waals surface area (Å²) >= 11 is 0. The lowest BCUT2D eigenvalue weighted by Crippen LogP contribution is -2.45. The minimum Gasteiger partial charge on any atom is -0.465 e. The average Bonchev–Trinajstić information content (AvgIpc) is 3.25. The smallest absolute Gasteiger partial charge is 0.410 e. The van der Waals surface area contributed by atoms with Crippen molar-refractivity contribution in [3.8, 4) is 0 Å². The van der Waals surface area contributed by atoms with E-state index in [1.807, 2.05) is 60.7 Å². The molecular formula is C22H24N2O6. The van der Waals surface area contributed by atoms with Crippen LogP contribution < -0.4 is 0 Å². The molecule has 3 rings (SSSR count). The van der Waals surface area contributed by atoms with Crippen molar-refractivity contribution in [2.24, 2.45) is 0 Å². The number of nitrogens with zero attached hydrogens (tertiary/aromatic N) is 2. The Morgan fingerprint density at radius 3 is 2.07 bits per heavy atom. The molecule has 158 valence electrons. The van der Waals surface area contributed by atoms with Crippen LogP contribution in [0.2, 0.25) is 0 Å². The zero-order chi connectivity index (χ0) is 21.3. The predicted molar refractivity (Wildman–Crippen MR) is 108 cm³/mol. The Hall–Kier alpha value is -3.55. The number of benzene rings is 2. The number of amides is 2. The first-order chi connectivity index (χ1) is 14.5. The molecule has 8 nitrogen and oxygen atoms in total. The molecule has 8 heteroatoms. The Kier molecular flexibility index (Phi) is 7.26. The van der Waals surface area contributed by atoms with Crippen molar-refractivity contribution < 1.29 is 29.0 Å². The van der Waals surface area contributed by atoms with Crippen LogP contribution in [0.3, 0.4) is 0 Å². The van der Waals surface area contributed by atoms with Crippen LogP contribution in [0.15, 0.2) is 60.7 Å². The van der Waals surface area contributed by atoms with Gasteiger partial charge in [0.05, 0.1) is 6.04 Å². The molecule has 1 heterocycles. The van der Waals surface area contributed by atoms with Gasteiger partial charge in [-0.15, -0.1) is 0 Å². The summed E-state index contributed by atoms with van der Waals surface area (Å²) in [4.78, 5) is 38.6. The van der Waals surface area contributed by atoms with Crippen LogP contribution in [0, 0.1) is 0 Å². The van der Waals surface area contributed by atoms with Crippen LogP contribution in [0.1, 0.15) is 17.5 Å². The number of likely N-dealkylation sites (tertiary alicyclic amines) is 1. The van der Waals surface area contributed by atoms with Crippen LogP contribution in [-0.4, -0.2) is 58.7 Å². The SMILES string of the molecule is O=C(CN(C(=O)O)C1CCN(C(=O)OCc2ccccc2)C1)OCc1ccccc1. The maximum absolute atomic E-state index is 12.3. The number of hydrogen-bond donors (Lipinski definition) is 1. The molecule has 2 aromatic carbocycles. The Labute approximate surface area is 174 Å². The number of carbonyl (C=O) groups is 3. The van der Waals surface area contributed by atoms with E-state index < -0.39 is 24.2 Å². The third kappa shape index (κ3) is 5.97. The Bertz CT molecular complexity index is 858. The van der Waals surface area contributed by atoms with Crippen LogP contribution in [0.25, 0.3) is 0 Å². The van der Waals surface area contributed by atoms with Gasteiger partial charge in [0.25, 0.3) is 0 Å². The Balaban J connectivity index is 1.48. The molecule has 1 fully saturated rings. The van der Waals surface area contributed by atoms with Gasteiger partial charge in [-0.2, -0.15) is 0 Å². The summed E-state index contributed by atoms with van der Waals surface area (Å²) in [7, 11) is 0. The van der Waals surface area contributed by atoms with Crippen LogP contribution >= 0.6 is 0 Å². The molecule has 1 atom stereocenters. The molecule has 1 N–H and O–H groups in total. The molecule has 1 aliphatic heterocycles. The molecule has 1 saturated heterocycles. The number of ether oxygens (including phenoxy) is 2. The maximum Gasteiger partial charge on any atom is 0.410 e. The summed E-state index contributed by atoms with van der Waals surface area (Å²) in [5, 5.41) is 9.53. The average molecular weight is 412 g/mol. The lowest BCUT2D eigenvalue weighted by molar-refractivity contribution is -0.146. The van der Waals surface area contributed by atoms with Gasteiger partial charge in [0.2, 0.25) is 0 Å². The van der Waals surface area contributed by atoms with E-state index in [0.29, 0.717) is 13.0 Å². The standard InChI is InChI=1S/C22H24N2O6/c25-20(29-15-17-7-3-1-4-8-17)14-24(21(26)27)19-11-12-23(13-19)22(28)30-16-18-9-5-2-6-10-18/h1-10,19H,11-16H2,(H,26,27). The summed E-state index contributed by atoms with van der Waals surface area (Å²) < 4.78 is 10.5. The highest BCUT2D eigenvalue weighted by Crippen LogP contribution is 2.18. The summed E-state index contributed by atoms with van der Waals surface area (Å²) in [6, 6.07) is 18.0. The van der Waals surface area contributed by atoms with Gasteiger partial charge < -0.3 is 19.5 Å². The first-order valence-corrected chi connectivity index (χ1v) is 9.67. The normalized spacial score (nSPS) is 15.5. The van der Waals surface area contributed by atoms with Crippen molar-refractivity contribution >= 4 is 18.2 Å². The summed E-state index contributed by atoms with van der Waals surface area (Å²) in [5.74, 6) is -0.633. The van der Waals surface area contributed by atoms with Crippen molar-refractivity contribution in [2.45, 2.75) is 25.7 Å². The second kappa shape index (κ2) is 10.3. The monoisotopic (exact) mass is 412 g/mol. The van der Waals surface area contributed by atoms with Crippen molar-refractivity contribution in [2.75, 3.05) is 19.6 Å². The molecule has 0 radical (unpaired) electrons. The second-order valence-corrected chi connectivity index (χ2v) is 6.99. The highest BCUT2D eigenvalue weighted by molar-refractivity contribution is 5.77. The van der Waals surface area contributed by atoms with Crippen LogP contribution in [0.4, 0.5) is 9.59 Å². The van der Waals surface area contributed by atoms with Gasteiger partial charge in [-0.3, -0.25) is 9.69 Å².